The highest BCUT2D eigenvalue weighted by Gasteiger charge is 2.25. The Hall–Kier alpha value is -2.54. The monoisotopic (exact) mass is 362 g/mol. The molecular weight excluding hydrogens is 344 g/mol. The summed E-state index contributed by atoms with van der Waals surface area (Å²) in [5.74, 6) is 0.260. The number of nitrogens with zero attached hydrogens (tertiary/aromatic N) is 2. The van der Waals surface area contributed by atoms with Crippen molar-refractivity contribution in [1.82, 2.24) is 15.1 Å². The van der Waals surface area contributed by atoms with Crippen LogP contribution < -0.4 is 10.5 Å². The molecular formula is C17H19ClN4O3. The fourth-order valence-electron chi connectivity index (χ4n) is 2.88. The zero-order chi connectivity index (χ0) is 17.8. The largest absolute Gasteiger partial charge is 0.484 e. The lowest BCUT2D eigenvalue weighted by Crippen LogP contribution is -2.40. The number of hydrogen-bond donors (Lipinski definition) is 2. The van der Waals surface area contributed by atoms with E-state index in [0.717, 1.165) is 18.5 Å². The maximum atomic E-state index is 12.3. The number of piperidine rings is 1. The van der Waals surface area contributed by atoms with Gasteiger partial charge in [-0.25, -0.2) is 0 Å². The van der Waals surface area contributed by atoms with Gasteiger partial charge in [-0.05, 0) is 43.2 Å². The third-order valence-corrected chi connectivity index (χ3v) is 4.57. The Bertz CT molecular complexity index is 752. The molecule has 2 heterocycles. The smallest absolute Gasteiger partial charge is 0.269 e. The molecule has 8 heteroatoms. The van der Waals surface area contributed by atoms with Gasteiger partial charge in [0.05, 0.1) is 0 Å². The van der Waals surface area contributed by atoms with Crippen LogP contribution in [-0.4, -0.2) is 46.6 Å². The second kappa shape index (κ2) is 7.57. The maximum absolute atomic E-state index is 12.3. The lowest BCUT2D eigenvalue weighted by atomic mass is 9.93. The van der Waals surface area contributed by atoms with Gasteiger partial charge in [-0.3, -0.25) is 14.7 Å². The Morgan fingerprint density at radius 2 is 1.96 bits per heavy atom. The molecule has 3 rings (SSSR count). The number of H-pyrrole nitrogens is 1. The van der Waals surface area contributed by atoms with Gasteiger partial charge in [0.1, 0.15) is 11.4 Å². The lowest BCUT2D eigenvalue weighted by molar-refractivity contribution is -0.134. The van der Waals surface area contributed by atoms with Crippen molar-refractivity contribution in [3.63, 3.8) is 0 Å². The summed E-state index contributed by atoms with van der Waals surface area (Å²) in [5.41, 5.74) is 6.34. The van der Waals surface area contributed by atoms with E-state index in [9.17, 15) is 9.59 Å². The molecule has 25 heavy (non-hydrogen) atoms. The van der Waals surface area contributed by atoms with Gasteiger partial charge in [0, 0.05) is 29.7 Å². The maximum Gasteiger partial charge on any atom is 0.269 e. The number of primary amides is 1. The molecule has 2 amide bonds. The first kappa shape index (κ1) is 17.3. The second-order valence-electron chi connectivity index (χ2n) is 5.97. The Labute approximate surface area is 150 Å². The molecule has 1 aromatic carbocycles. The molecule has 7 nitrogen and oxygen atoms in total. The molecule has 0 radical (unpaired) electrons. The van der Waals surface area contributed by atoms with E-state index in [1.807, 2.05) is 0 Å². The standard InChI is InChI=1S/C17H19ClN4O3/c18-12-1-3-13(4-2-12)25-10-16(23)22-7-5-11(6-8-22)14-9-15(17(19)24)21-20-14/h1-4,9,11H,5-8,10H2,(H2,19,24)(H,20,21). The zero-order valence-corrected chi connectivity index (χ0v) is 14.3. The number of likely N-dealkylation sites (tertiary alicyclic amines) is 1. The second-order valence-corrected chi connectivity index (χ2v) is 6.41. The van der Waals surface area contributed by atoms with Gasteiger partial charge in [0.15, 0.2) is 6.61 Å². The fraction of sp³-hybridized carbons (Fsp3) is 0.353. The fourth-order valence-corrected chi connectivity index (χ4v) is 3.01. The summed E-state index contributed by atoms with van der Waals surface area (Å²) < 4.78 is 5.50. The molecule has 3 N–H and O–H groups in total. The number of rotatable bonds is 5. The molecule has 132 valence electrons. The van der Waals surface area contributed by atoms with Gasteiger partial charge < -0.3 is 15.4 Å². The van der Waals surface area contributed by atoms with Crippen LogP contribution in [0.1, 0.15) is 34.9 Å². The van der Waals surface area contributed by atoms with Crippen LogP contribution in [0.25, 0.3) is 0 Å². The van der Waals surface area contributed by atoms with E-state index in [-0.39, 0.29) is 24.1 Å². The molecule has 1 saturated heterocycles. The molecule has 0 spiro atoms. The van der Waals surface area contributed by atoms with Gasteiger partial charge in [-0.1, -0.05) is 11.6 Å². The van der Waals surface area contributed by atoms with Crippen molar-refractivity contribution in [2.45, 2.75) is 18.8 Å². The highest BCUT2D eigenvalue weighted by Crippen LogP contribution is 2.27. The third-order valence-electron chi connectivity index (χ3n) is 4.31. The number of aromatic nitrogens is 2. The molecule has 0 atom stereocenters. The molecule has 2 aromatic rings. The van der Waals surface area contributed by atoms with Crippen LogP contribution in [0.5, 0.6) is 5.75 Å². The van der Waals surface area contributed by atoms with E-state index in [1.54, 1.807) is 35.2 Å². The number of nitrogens with one attached hydrogen (secondary N) is 1. The van der Waals surface area contributed by atoms with Gasteiger partial charge in [0.2, 0.25) is 0 Å². The molecule has 1 aliphatic rings. The van der Waals surface area contributed by atoms with Gasteiger partial charge in [-0.2, -0.15) is 5.10 Å². The van der Waals surface area contributed by atoms with Gasteiger partial charge in [0.25, 0.3) is 11.8 Å². The van der Waals surface area contributed by atoms with Crippen molar-refractivity contribution in [1.29, 1.82) is 0 Å². The number of ether oxygens (including phenoxy) is 1. The molecule has 0 aliphatic carbocycles. The lowest BCUT2D eigenvalue weighted by Gasteiger charge is -2.31. The summed E-state index contributed by atoms with van der Waals surface area (Å²) in [7, 11) is 0. The third kappa shape index (κ3) is 4.30. The zero-order valence-electron chi connectivity index (χ0n) is 13.6. The summed E-state index contributed by atoms with van der Waals surface area (Å²) in [4.78, 5) is 25.2. The topological polar surface area (TPSA) is 101 Å². The number of halogens is 1. The minimum Gasteiger partial charge on any atom is -0.484 e. The molecule has 1 fully saturated rings. The van der Waals surface area contributed by atoms with Crippen molar-refractivity contribution < 1.29 is 14.3 Å². The van der Waals surface area contributed by atoms with Crippen molar-refractivity contribution in [2.75, 3.05) is 19.7 Å². The summed E-state index contributed by atoms with van der Waals surface area (Å²) in [6.07, 6.45) is 1.60. The van der Waals surface area contributed by atoms with Crippen molar-refractivity contribution >= 4 is 23.4 Å². The highest BCUT2D eigenvalue weighted by atomic mass is 35.5. The van der Waals surface area contributed by atoms with Crippen LogP contribution in [0, 0.1) is 0 Å². The molecule has 0 unspecified atom stereocenters. The molecule has 0 saturated carbocycles. The van der Waals surface area contributed by atoms with Crippen LogP contribution in [-0.2, 0) is 4.79 Å². The van der Waals surface area contributed by atoms with Crippen molar-refractivity contribution in [3.8, 4) is 5.75 Å². The van der Waals surface area contributed by atoms with Crippen LogP contribution in [0.15, 0.2) is 30.3 Å². The van der Waals surface area contributed by atoms with E-state index < -0.39 is 5.91 Å². The average Bonchev–Trinajstić information content (AvgIpc) is 3.11. The Kier molecular flexibility index (Phi) is 5.23. The minimum atomic E-state index is -0.547. The SMILES string of the molecule is NC(=O)c1cc(C2CCN(C(=O)COc3ccc(Cl)cc3)CC2)[nH]n1. The van der Waals surface area contributed by atoms with Crippen LogP contribution in [0.4, 0.5) is 0 Å². The first-order valence-corrected chi connectivity index (χ1v) is 8.42. The Balaban J connectivity index is 1.48. The van der Waals surface area contributed by atoms with E-state index in [4.69, 9.17) is 22.1 Å². The van der Waals surface area contributed by atoms with E-state index in [0.29, 0.717) is 23.9 Å². The first-order chi connectivity index (χ1) is 12.0. The average molecular weight is 363 g/mol. The number of carbonyl (C=O) groups excluding carboxylic acids is 2. The quantitative estimate of drug-likeness (QED) is 0.848. The predicted molar refractivity (Wildman–Crippen MR) is 92.6 cm³/mol. The van der Waals surface area contributed by atoms with E-state index in [1.165, 1.54) is 0 Å². The van der Waals surface area contributed by atoms with E-state index in [2.05, 4.69) is 10.2 Å². The Morgan fingerprint density at radius 3 is 2.56 bits per heavy atom. The number of hydrogen-bond acceptors (Lipinski definition) is 4. The van der Waals surface area contributed by atoms with Gasteiger partial charge >= 0.3 is 0 Å². The number of aromatic amines is 1. The van der Waals surface area contributed by atoms with Crippen LogP contribution >= 0.6 is 11.6 Å². The predicted octanol–water partition coefficient (Wildman–Crippen LogP) is 1.95. The van der Waals surface area contributed by atoms with Crippen LogP contribution in [0.3, 0.4) is 0 Å². The summed E-state index contributed by atoms with van der Waals surface area (Å²) >= 11 is 5.82. The van der Waals surface area contributed by atoms with Crippen molar-refractivity contribution in [2.24, 2.45) is 5.73 Å². The van der Waals surface area contributed by atoms with Gasteiger partial charge in [-0.15, -0.1) is 0 Å². The first-order valence-electron chi connectivity index (χ1n) is 8.04. The molecule has 1 aliphatic heterocycles. The highest BCUT2D eigenvalue weighted by molar-refractivity contribution is 6.30. The molecule has 0 bridgehead atoms. The number of amides is 2. The summed E-state index contributed by atoms with van der Waals surface area (Å²) in [6.45, 7) is 1.28. The van der Waals surface area contributed by atoms with Crippen LogP contribution in [0.2, 0.25) is 5.02 Å². The van der Waals surface area contributed by atoms with Crippen molar-refractivity contribution in [3.05, 3.63) is 46.7 Å². The normalized spacial score (nSPS) is 15.2. The molecule has 1 aromatic heterocycles. The number of benzene rings is 1. The number of nitrogens with two attached hydrogens (primary N) is 1. The number of carbonyl (C=O) groups is 2. The van der Waals surface area contributed by atoms with E-state index >= 15 is 0 Å². The summed E-state index contributed by atoms with van der Waals surface area (Å²) in [6, 6.07) is 8.59. The summed E-state index contributed by atoms with van der Waals surface area (Å²) in [5, 5.41) is 7.39. The minimum absolute atomic E-state index is 0.00216. The Morgan fingerprint density at radius 1 is 1.28 bits per heavy atom.